The van der Waals surface area contributed by atoms with Gasteiger partial charge in [-0.1, -0.05) is 0 Å². The molecule has 0 N–H and O–H groups in total. The van der Waals surface area contributed by atoms with Crippen LogP contribution in [0.2, 0.25) is 0 Å². The van der Waals surface area contributed by atoms with Crippen molar-refractivity contribution in [3.8, 4) is 0 Å². The van der Waals surface area contributed by atoms with E-state index in [4.69, 9.17) is 0 Å². The highest BCUT2D eigenvalue weighted by Gasteiger charge is 2.50. The summed E-state index contributed by atoms with van der Waals surface area (Å²) in [7, 11) is 0. The zero-order valence-electron chi connectivity index (χ0n) is 14.7. The Morgan fingerprint density at radius 3 is 2.92 bits per heavy atom. The molecule has 2 saturated heterocycles. The standard InChI is InChI=1S/C18H21N5O2S/c1-14(24)23-11-17(25)22(15-3-2-5-19-9-15)13-18(23)4-7-21(12-18)10-16-20-6-8-26-16/h2-3,5-6,8-9H,4,7,10-13H2,1H3/t18-/m1/s1. The second-order valence-corrected chi connectivity index (χ2v) is 7.89. The highest BCUT2D eigenvalue weighted by Crippen LogP contribution is 2.35. The van der Waals surface area contributed by atoms with E-state index in [0.29, 0.717) is 6.54 Å². The number of carbonyl (C=O) groups is 2. The van der Waals surface area contributed by atoms with Gasteiger partial charge in [0.05, 0.1) is 30.5 Å². The maximum absolute atomic E-state index is 12.7. The first-order valence-electron chi connectivity index (χ1n) is 8.67. The smallest absolute Gasteiger partial charge is 0.246 e. The molecule has 1 atom stereocenters. The van der Waals surface area contributed by atoms with Gasteiger partial charge in [0.15, 0.2) is 0 Å². The molecule has 0 bridgehead atoms. The second kappa shape index (κ2) is 6.77. The Morgan fingerprint density at radius 2 is 2.23 bits per heavy atom. The van der Waals surface area contributed by atoms with Crippen molar-refractivity contribution < 1.29 is 9.59 Å². The molecule has 0 aliphatic carbocycles. The van der Waals surface area contributed by atoms with Gasteiger partial charge in [0.1, 0.15) is 11.6 Å². The van der Waals surface area contributed by atoms with Crippen LogP contribution in [0.15, 0.2) is 36.1 Å². The van der Waals surface area contributed by atoms with Crippen LogP contribution in [-0.4, -0.2) is 63.3 Å². The normalized spacial score (nSPS) is 23.8. The number of amides is 2. The first-order chi connectivity index (χ1) is 12.6. The first kappa shape index (κ1) is 17.1. The average Bonchev–Trinajstić information content (AvgIpc) is 3.28. The Labute approximate surface area is 156 Å². The summed E-state index contributed by atoms with van der Waals surface area (Å²) in [6, 6.07) is 3.72. The van der Waals surface area contributed by atoms with Crippen LogP contribution in [0.25, 0.3) is 0 Å². The molecule has 4 heterocycles. The predicted molar refractivity (Wildman–Crippen MR) is 98.7 cm³/mol. The monoisotopic (exact) mass is 371 g/mol. The van der Waals surface area contributed by atoms with Crippen molar-refractivity contribution in [1.82, 2.24) is 19.8 Å². The molecule has 2 fully saturated rings. The number of piperazine rings is 1. The van der Waals surface area contributed by atoms with Crippen LogP contribution in [0, 0.1) is 0 Å². The van der Waals surface area contributed by atoms with Gasteiger partial charge in [0, 0.05) is 37.8 Å². The lowest BCUT2D eigenvalue weighted by Gasteiger charge is -2.48. The van der Waals surface area contributed by atoms with Crippen LogP contribution >= 0.6 is 11.3 Å². The lowest BCUT2D eigenvalue weighted by atomic mass is 9.92. The summed E-state index contributed by atoms with van der Waals surface area (Å²) in [6.07, 6.45) is 6.07. The Bertz CT molecular complexity index is 797. The van der Waals surface area contributed by atoms with E-state index in [2.05, 4.69) is 14.9 Å². The molecule has 0 radical (unpaired) electrons. The van der Waals surface area contributed by atoms with Gasteiger partial charge in [-0.3, -0.25) is 19.5 Å². The Hall–Kier alpha value is -2.32. The van der Waals surface area contributed by atoms with Crippen molar-refractivity contribution in [2.24, 2.45) is 0 Å². The highest BCUT2D eigenvalue weighted by molar-refractivity contribution is 7.09. The molecule has 0 unspecified atom stereocenters. The number of hydrogen-bond acceptors (Lipinski definition) is 6. The number of nitrogens with zero attached hydrogens (tertiary/aromatic N) is 5. The summed E-state index contributed by atoms with van der Waals surface area (Å²) in [6.45, 7) is 4.60. The van der Waals surface area contributed by atoms with Gasteiger partial charge in [-0.25, -0.2) is 4.98 Å². The quantitative estimate of drug-likeness (QED) is 0.815. The summed E-state index contributed by atoms with van der Waals surface area (Å²) in [5.41, 5.74) is 0.436. The van der Waals surface area contributed by atoms with Crippen LogP contribution < -0.4 is 4.90 Å². The van der Waals surface area contributed by atoms with Crippen LogP contribution in [0.4, 0.5) is 5.69 Å². The van der Waals surface area contributed by atoms with E-state index in [1.54, 1.807) is 40.5 Å². The Balaban J connectivity index is 1.59. The van der Waals surface area contributed by atoms with Crippen molar-refractivity contribution in [2.45, 2.75) is 25.4 Å². The summed E-state index contributed by atoms with van der Waals surface area (Å²) in [5, 5.41) is 3.05. The molecule has 2 aliphatic heterocycles. The largest absolute Gasteiger partial charge is 0.325 e. The first-order valence-corrected chi connectivity index (χ1v) is 9.55. The third kappa shape index (κ3) is 3.10. The number of pyridine rings is 1. The van der Waals surface area contributed by atoms with Gasteiger partial charge in [-0.15, -0.1) is 11.3 Å². The summed E-state index contributed by atoms with van der Waals surface area (Å²) in [4.78, 5) is 39.3. The minimum atomic E-state index is -0.354. The SMILES string of the molecule is CC(=O)N1CC(=O)N(c2cccnc2)C[C@]12CCN(Cc1nccs1)C2. The molecule has 0 saturated carbocycles. The number of likely N-dealkylation sites (tertiary alicyclic amines) is 1. The second-order valence-electron chi connectivity index (χ2n) is 6.91. The number of rotatable bonds is 3. The number of hydrogen-bond donors (Lipinski definition) is 0. The van der Waals surface area contributed by atoms with Gasteiger partial charge >= 0.3 is 0 Å². The van der Waals surface area contributed by atoms with Crippen molar-refractivity contribution in [3.63, 3.8) is 0 Å². The Kier molecular flexibility index (Phi) is 4.46. The summed E-state index contributed by atoms with van der Waals surface area (Å²) < 4.78 is 0. The molecule has 2 aromatic rings. The zero-order valence-corrected chi connectivity index (χ0v) is 15.5. The molecule has 1 spiro atoms. The number of thiazole rings is 1. The van der Waals surface area contributed by atoms with E-state index < -0.39 is 0 Å². The molecule has 2 amide bonds. The minimum absolute atomic E-state index is 0.0414. The summed E-state index contributed by atoms with van der Waals surface area (Å²) in [5.74, 6) is -0.0996. The van der Waals surface area contributed by atoms with E-state index in [1.807, 2.05) is 23.7 Å². The predicted octanol–water partition coefficient (Wildman–Crippen LogP) is 1.38. The van der Waals surface area contributed by atoms with Gasteiger partial charge in [0.2, 0.25) is 11.8 Å². The van der Waals surface area contributed by atoms with E-state index in [0.717, 1.165) is 36.8 Å². The van der Waals surface area contributed by atoms with E-state index in [9.17, 15) is 9.59 Å². The molecule has 0 aromatic carbocycles. The minimum Gasteiger partial charge on any atom is -0.325 e. The third-order valence-electron chi connectivity index (χ3n) is 5.21. The lowest BCUT2D eigenvalue weighted by molar-refractivity contribution is -0.142. The van der Waals surface area contributed by atoms with Crippen molar-refractivity contribution in [2.75, 3.05) is 31.1 Å². The van der Waals surface area contributed by atoms with Crippen molar-refractivity contribution in [3.05, 3.63) is 41.1 Å². The van der Waals surface area contributed by atoms with Gasteiger partial charge in [-0.2, -0.15) is 0 Å². The molecule has 26 heavy (non-hydrogen) atoms. The fourth-order valence-electron chi connectivity index (χ4n) is 4.00. The van der Waals surface area contributed by atoms with Crippen LogP contribution in [0.3, 0.4) is 0 Å². The molecule has 136 valence electrons. The fourth-order valence-corrected chi connectivity index (χ4v) is 4.66. The number of anilines is 1. The molecule has 2 aliphatic rings. The van der Waals surface area contributed by atoms with E-state index in [1.165, 1.54) is 0 Å². The van der Waals surface area contributed by atoms with Crippen LogP contribution in [0.5, 0.6) is 0 Å². The van der Waals surface area contributed by atoms with Gasteiger partial charge in [0.25, 0.3) is 0 Å². The fraction of sp³-hybridized carbons (Fsp3) is 0.444. The lowest BCUT2D eigenvalue weighted by Crippen LogP contribution is -2.66. The van der Waals surface area contributed by atoms with Crippen LogP contribution in [0.1, 0.15) is 18.4 Å². The maximum atomic E-state index is 12.7. The highest BCUT2D eigenvalue weighted by atomic mass is 32.1. The zero-order chi connectivity index (χ0) is 18.1. The maximum Gasteiger partial charge on any atom is 0.246 e. The summed E-state index contributed by atoms with van der Waals surface area (Å²) >= 11 is 1.64. The molecule has 8 heteroatoms. The molecule has 7 nitrogen and oxygen atoms in total. The average molecular weight is 371 g/mol. The number of aromatic nitrogens is 2. The van der Waals surface area contributed by atoms with Gasteiger partial charge in [-0.05, 0) is 18.6 Å². The third-order valence-corrected chi connectivity index (χ3v) is 5.98. The molecular formula is C18H21N5O2S. The topological polar surface area (TPSA) is 69.6 Å². The molecular weight excluding hydrogens is 350 g/mol. The van der Waals surface area contributed by atoms with E-state index >= 15 is 0 Å². The van der Waals surface area contributed by atoms with E-state index in [-0.39, 0.29) is 23.9 Å². The van der Waals surface area contributed by atoms with Crippen LogP contribution in [-0.2, 0) is 16.1 Å². The van der Waals surface area contributed by atoms with Crippen molar-refractivity contribution >= 4 is 28.8 Å². The Morgan fingerprint density at radius 1 is 1.35 bits per heavy atom. The molecule has 2 aromatic heterocycles. The van der Waals surface area contributed by atoms with Crippen molar-refractivity contribution in [1.29, 1.82) is 0 Å². The number of carbonyl (C=O) groups excluding carboxylic acids is 2. The van der Waals surface area contributed by atoms with Gasteiger partial charge < -0.3 is 9.80 Å². The molecule has 4 rings (SSSR count).